The first-order chi connectivity index (χ1) is 20.5. The summed E-state index contributed by atoms with van der Waals surface area (Å²) >= 11 is 0. The average Bonchev–Trinajstić information content (AvgIpc) is 3.64. The van der Waals surface area contributed by atoms with Gasteiger partial charge in [0.05, 0.1) is 18.8 Å². The summed E-state index contributed by atoms with van der Waals surface area (Å²) in [6.07, 6.45) is 8.73. The quantitative estimate of drug-likeness (QED) is 0.273. The van der Waals surface area contributed by atoms with Gasteiger partial charge >= 0.3 is 5.69 Å². The number of sulfonamides is 1. The molecule has 15 heteroatoms. The minimum atomic E-state index is -4.25. The molecule has 0 aliphatic carbocycles. The van der Waals surface area contributed by atoms with Crippen molar-refractivity contribution < 1.29 is 22.3 Å². The molecule has 0 amide bonds. The Morgan fingerprint density at radius 3 is 2.40 bits per heavy atom. The van der Waals surface area contributed by atoms with E-state index < -0.39 is 39.1 Å². The number of anilines is 1. The van der Waals surface area contributed by atoms with Gasteiger partial charge in [0.15, 0.2) is 0 Å². The zero-order valence-corrected chi connectivity index (χ0v) is 24.5. The van der Waals surface area contributed by atoms with E-state index in [0.717, 1.165) is 35.0 Å². The maximum atomic E-state index is 14.9. The molecule has 0 spiro atoms. The van der Waals surface area contributed by atoms with Gasteiger partial charge in [-0.1, -0.05) is 19.4 Å². The molecular formula is C28H32F2N8O4S. The van der Waals surface area contributed by atoms with Gasteiger partial charge < -0.3 is 10.0 Å². The van der Waals surface area contributed by atoms with Crippen LogP contribution in [-0.4, -0.2) is 65.3 Å². The minimum Gasteiger partial charge on any atom is -0.382 e. The predicted molar refractivity (Wildman–Crippen MR) is 155 cm³/mol. The van der Waals surface area contributed by atoms with Crippen molar-refractivity contribution >= 4 is 15.7 Å². The molecule has 0 unspecified atom stereocenters. The molecule has 1 aliphatic heterocycles. The molecule has 5 rings (SSSR count). The molecule has 3 heterocycles. The highest BCUT2D eigenvalue weighted by molar-refractivity contribution is 7.89. The first kappa shape index (κ1) is 30.1. The third-order valence-corrected chi connectivity index (χ3v) is 9.85. The number of hydrogen-bond acceptors (Lipinski definition) is 8. The first-order valence-corrected chi connectivity index (χ1v) is 15.3. The predicted octanol–water partition coefficient (Wildman–Crippen LogP) is 2.60. The summed E-state index contributed by atoms with van der Waals surface area (Å²) in [7, 11) is -4.25. The van der Waals surface area contributed by atoms with Crippen LogP contribution in [0.25, 0.3) is 5.69 Å². The molecule has 0 radical (unpaired) electrons. The Kier molecular flexibility index (Phi) is 8.46. The van der Waals surface area contributed by atoms with Crippen LogP contribution in [0.5, 0.6) is 0 Å². The number of aryl methyl sites for hydroxylation is 1. The Morgan fingerprint density at radius 1 is 1.02 bits per heavy atom. The summed E-state index contributed by atoms with van der Waals surface area (Å²) < 4.78 is 61.3. The second-order valence-electron chi connectivity index (χ2n) is 10.3. The van der Waals surface area contributed by atoms with Gasteiger partial charge in [-0.05, 0) is 43.7 Å². The molecule has 0 bridgehead atoms. The lowest BCUT2D eigenvalue weighted by molar-refractivity contribution is 0.00991. The number of rotatable bonds is 11. The summed E-state index contributed by atoms with van der Waals surface area (Å²) in [6.45, 7) is 3.75. The molecule has 1 aliphatic rings. The number of unbranched alkanes of at least 4 members (excludes halogenated alkanes) is 1. The van der Waals surface area contributed by atoms with Crippen molar-refractivity contribution in [2.24, 2.45) is 0 Å². The third-order valence-electron chi connectivity index (χ3n) is 7.60. The summed E-state index contributed by atoms with van der Waals surface area (Å²) in [5, 5.41) is 18.3. The van der Waals surface area contributed by atoms with Crippen LogP contribution < -0.4 is 10.6 Å². The van der Waals surface area contributed by atoms with Crippen LogP contribution in [0.15, 0.2) is 78.6 Å². The largest absolute Gasteiger partial charge is 0.382 e. The van der Waals surface area contributed by atoms with Gasteiger partial charge in [0.2, 0.25) is 10.0 Å². The smallest absolute Gasteiger partial charge is 0.350 e. The molecule has 0 saturated carbocycles. The second-order valence-corrected chi connectivity index (χ2v) is 12.5. The van der Waals surface area contributed by atoms with E-state index in [-0.39, 0.29) is 24.3 Å². The van der Waals surface area contributed by atoms with Crippen LogP contribution in [0.4, 0.5) is 14.5 Å². The number of aliphatic hydroxyl groups is 1. The number of nitrogens with zero attached hydrogens (tertiary/aromatic N) is 8. The van der Waals surface area contributed by atoms with Crippen molar-refractivity contribution in [1.82, 2.24) is 33.4 Å². The Morgan fingerprint density at radius 2 is 1.77 bits per heavy atom. The summed E-state index contributed by atoms with van der Waals surface area (Å²) in [6, 6.07) is 9.79. The second kappa shape index (κ2) is 12.1. The van der Waals surface area contributed by atoms with Crippen LogP contribution >= 0.6 is 0 Å². The molecule has 43 heavy (non-hydrogen) atoms. The number of aromatic nitrogens is 6. The van der Waals surface area contributed by atoms with E-state index in [0.29, 0.717) is 18.3 Å². The van der Waals surface area contributed by atoms with E-state index in [1.165, 1.54) is 46.0 Å². The maximum absolute atomic E-state index is 14.9. The molecule has 2 atom stereocenters. The van der Waals surface area contributed by atoms with Gasteiger partial charge in [-0.2, -0.15) is 10.2 Å². The molecule has 0 fully saturated rings. The van der Waals surface area contributed by atoms with Crippen LogP contribution in [0.2, 0.25) is 0 Å². The van der Waals surface area contributed by atoms with E-state index in [9.17, 15) is 27.1 Å². The van der Waals surface area contributed by atoms with Gasteiger partial charge in [0, 0.05) is 42.8 Å². The number of benzene rings is 2. The topological polar surface area (TPSA) is 131 Å². The fraction of sp³-hybridized carbons (Fsp3) is 0.357. The lowest BCUT2D eigenvalue weighted by Gasteiger charge is -2.38. The standard InChI is InChI=1S/C28H32F2N8O4S/c1-3-4-11-38-27(39)37(20-33-38)24-8-6-23(7-9-24)34-12-14-36(15-13-34)43(41,42)21(2)28(40,17-35-19-31-18-32-35)25-10-5-22(29)16-26(25)30/h5-10,12,14,16,18-21,40H,3-4,11,13,15,17H2,1-2H3/t21-,28-/m1/s1. The lowest BCUT2D eigenvalue weighted by Crippen LogP contribution is -2.52. The van der Waals surface area contributed by atoms with Crippen molar-refractivity contribution in [3.63, 3.8) is 0 Å². The van der Waals surface area contributed by atoms with Gasteiger partial charge in [0.1, 0.15) is 41.5 Å². The fourth-order valence-corrected chi connectivity index (χ4v) is 6.66. The van der Waals surface area contributed by atoms with Crippen LogP contribution in [0.3, 0.4) is 0 Å². The molecule has 2 aromatic carbocycles. The molecule has 2 aromatic heterocycles. The Bertz CT molecular complexity index is 1760. The van der Waals surface area contributed by atoms with Crippen molar-refractivity contribution in [2.75, 3.05) is 18.0 Å². The van der Waals surface area contributed by atoms with Gasteiger partial charge in [0.25, 0.3) is 0 Å². The van der Waals surface area contributed by atoms with Crippen LogP contribution in [-0.2, 0) is 28.7 Å². The molecule has 0 saturated heterocycles. The average molecular weight is 615 g/mol. The monoisotopic (exact) mass is 614 g/mol. The summed E-state index contributed by atoms with van der Waals surface area (Å²) in [5.74, 6) is -1.94. The molecule has 12 nitrogen and oxygen atoms in total. The maximum Gasteiger partial charge on any atom is 0.350 e. The van der Waals surface area contributed by atoms with Crippen molar-refractivity contribution in [3.05, 3.63) is 102 Å². The first-order valence-electron chi connectivity index (χ1n) is 13.8. The molecular weight excluding hydrogens is 582 g/mol. The van der Waals surface area contributed by atoms with Crippen LogP contribution in [0.1, 0.15) is 32.3 Å². The normalized spacial score (nSPS) is 15.9. The highest BCUT2D eigenvalue weighted by Crippen LogP contribution is 2.35. The van der Waals surface area contributed by atoms with E-state index in [1.54, 1.807) is 18.3 Å². The Labute approximate surface area is 247 Å². The molecule has 4 aromatic rings. The third kappa shape index (κ3) is 5.95. The van der Waals surface area contributed by atoms with E-state index in [2.05, 4.69) is 15.2 Å². The highest BCUT2D eigenvalue weighted by atomic mass is 32.2. The number of halogens is 2. The number of hydrogen-bond donors (Lipinski definition) is 1. The van der Waals surface area contributed by atoms with Crippen molar-refractivity contribution in [2.45, 2.75) is 50.6 Å². The van der Waals surface area contributed by atoms with Gasteiger partial charge in [-0.15, -0.1) is 0 Å². The SMILES string of the molecule is CCCCn1ncn(-c2ccc(N3C=CN(S(=O)(=O)[C@H](C)[C@](O)(Cn4cncn4)c4ccc(F)cc4F)CC3)cc2)c1=O. The van der Waals surface area contributed by atoms with Crippen molar-refractivity contribution in [1.29, 1.82) is 0 Å². The fourth-order valence-electron chi connectivity index (χ4n) is 5.00. The highest BCUT2D eigenvalue weighted by Gasteiger charge is 2.47. The van der Waals surface area contributed by atoms with E-state index >= 15 is 0 Å². The van der Waals surface area contributed by atoms with Gasteiger partial charge in [-0.25, -0.2) is 40.9 Å². The lowest BCUT2D eigenvalue weighted by atomic mass is 9.90. The zero-order valence-electron chi connectivity index (χ0n) is 23.7. The molecule has 1 N–H and O–H groups in total. The van der Waals surface area contributed by atoms with E-state index in [1.807, 2.05) is 24.0 Å². The van der Waals surface area contributed by atoms with E-state index in [4.69, 9.17) is 0 Å². The van der Waals surface area contributed by atoms with Gasteiger partial charge in [-0.3, -0.25) is 4.31 Å². The zero-order chi connectivity index (χ0) is 30.8. The Hall–Kier alpha value is -4.37. The Balaban J connectivity index is 1.35. The van der Waals surface area contributed by atoms with Crippen LogP contribution in [0, 0.1) is 11.6 Å². The summed E-state index contributed by atoms with van der Waals surface area (Å²) in [5.41, 5.74) is -1.49. The minimum absolute atomic E-state index is 0.0416. The summed E-state index contributed by atoms with van der Waals surface area (Å²) in [4.78, 5) is 18.3. The molecule has 228 valence electrons. The van der Waals surface area contributed by atoms with Crippen molar-refractivity contribution in [3.8, 4) is 5.69 Å².